The predicted octanol–water partition coefficient (Wildman–Crippen LogP) is 5.80. The van der Waals surface area contributed by atoms with Gasteiger partial charge in [0.1, 0.15) is 5.75 Å². The summed E-state index contributed by atoms with van der Waals surface area (Å²) >= 11 is 1.39. The van der Waals surface area contributed by atoms with E-state index in [1.165, 1.54) is 16.0 Å². The molecule has 2 N–H and O–H groups in total. The number of fused-ring (bicyclic) bond motifs is 1. The largest absolute Gasteiger partial charge is 0.497 e. The van der Waals surface area contributed by atoms with E-state index >= 15 is 0 Å². The minimum absolute atomic E-state index is 0.258. The number of nitrogens with one attached hydrogen (secondary N) is 2. The number of hydrogen-bond acceptors (Lipinski definition) is 9. The highest BCUT2D eigenvalue weighted by Crippen LogP contribution is 2.39. The number of para-hydroxylation sites is 1. The number of benzene rings is 3. The van der Waals surface area contributed by atoms with Crippen LogP contribution in [0.2, 0.25) is 0 Å². The monoisotopic (exact) mass is 615 g/mol. The van der Waals surface area contributed by atoms with E-state index < -0.39 is 5.91 Å². The number of carbonyl (C=O) groups is 1. The molecule has 5 rings (SSSR count). The van der Waals surface area contributed by atoms with E-state index in [0.717, 1.165) is 15.8 Å². The van der Waals surface area contributed by atoms with Gasteiger partial charge in [-0.3, -0.25) is 14.7 Å². The maximum absolute atomic E-state index is 13.9. The van der Waals surface area contributed by atoms with E-state index in [1.807, 2.05) is 57.2 Å². The Morgan fingerprint density at radius 2 is 1.64 bits per heavy atom. The van der Waals surface area contributed by atoms with E-state index in [0.29, 0.717) is 59.4 Å². The first kappa shape index (κ1) is 30.4. The molecule has 44 heavy (non-hydrogen) atoms. The van der Waals surface area contributed by atoms with Crippen molar-refractivity contribution in [1.82, 2.24) is 20.2 Å². The Morgan fingerprint density at radius 3 is 2.25 bits per heavy atom. The van der Waals surface area contributed by atoms with Crippen LogP contribution in [0.25, 0.3) is 26.6 Å². The van der Waals surface area contributed by atoms with Gasteiger partial charge in [-0.25, -0.2) is 10.4 Å². The third-order valence-electron chi connectivity index (χ3n) is 6.60. The standard InChI is InChI=1S/C32H33N5O6S/c1-6-41-24-17-21(18-25(42-7-2)29(24)43-8-3)30(38)35-34-19(4)27-28(20-13-15-22(40-5)16-14-20)36-37(31(27)39)32-33-23-11-9-10-12-26(23)44-32/h9-18,36H,6-8H2,1-5H3,(H,35,38). The molecule has 2 heterocycles. The molecule has 0 radical (unpaired) electrons. The van der Waals surface area contributed by atoms with Crippen LogP contribution in [0.5, 0.6) is 23.0 Å². The lowest BCUT2D eigenvalue weighted by Gasteiger charge is -2.16. The Kier molecular flexibility index (Phi) is 9.29. The quantitative estimate of drug-likeness (QED) is 0.134. The van der Waals surface area contributed by atoms with Crippen molar-refractivity contribution >= 4 is 33.2 Å². The number of aromatic amines is 1. The molecule has 11 nitrogen and oxygen atoms in total. The number of rotatable bonds is 12. The molecule has 5 aromatic rings. The second-order valence-electron chi connectivity index (χ2n) is 9.43. The molecule has 12 heteroatoms. The molecule has 0 bridgehead atoms. The summed E-state index contributed by atoms with van der Waals surface area (Å²) in [5.74, 6) is 1.37. The van der Waals surface area contributed by atoms with E-state index in [4.69, 9.17) is 18.9 Å². The Morgan fingerprint density at radius 1 is 0.977 bits per heavy atom. The number of carbonyl (C=O) groups excluding carboxylic acids is 1. The molecule has 0 saturated heterocycles. The number of methoxy groups -OCH3 is 1. The Balaban J connectivity index is 1.54. The fourth-order valence-electron chi connectivity index (χ4n) is 4.60. The minimum atomic E-state index is -0.512. The van der Waals surface area contributed by atoms with Gasteiger partial charge >= 0.3 is 0 Å². The van der Waals surface area contributed by atoms with Crippen LogP contribution in [0.1, 0.15) is 43.6 Å². The van der Waals surface area contributed by atoms with Gasteiger partial charge in [-0.2, -0.15) is 9.78 Å². The van der Waals surface area contributed by atoms with Gasteiger partial charge < -0.3 is 18.9 Å². The fourth-order valence-corrected chi connectivity index (χ4v) is 5.53. The Bertz CT molecular complexity index is 1810. The van der Waals surface area contributed by atoms with Gasteiger partial charge in [0.2, 0.25) is 10.9 Å². The smallest absolute Gasteiger partial charge is 0.283 e. The van der Waals surface area contributed by atoms with Crippen LogP contribution in [0.3, 0.4) is 0 Å². The lowest BCUT2D eigenvalue weighted by atomic mass is 10.1. The molecule has 0 aliphatic heterocycles. The summed E-state index contributed by atoms with van der Waals surface area (Å²) in [6.07, 6.45) is 0. The zero-order valence-electron chi connectivity index (χ0n) is 25.1. The van der Waals surface area contributed by atoms with E-state index in [9.17, 15) is 9.59 Å². The summed E-state index contributed by atoms with van der Waals surface area (Å²) in [6.45, 7) is 8.35. The summed E-state index contributed by atoms with van der Waals surface area (Å²) in [7, 11) is 1.59. The van der Waals surface area contributed by atoms with E-state index in [1.54, 1.807) is 38.3 Å². The average Bonchev–Trinajstić information content (AvgIpc) is 3.62. The van der Waals surface area contributed by atoms with Crippen LogP contribution >= 0.6 is 11.3 Å². The van der Waals surface area contributed by atoms with Crippen molar-refractivity contribution in [3.63, 3.8) is 0 Å². The highest BCUT2D eigenvalue weighted by atomic mass is 32.1. The van der Waals surface area contributed by atoms with Crippen LogP contribution in [-0.4, -0.2) is 53.3 Å². The summed E-state index contributed by atoms with van der Waals surface area (Å²) in [5, 5.41) is 8.04. The zero-order chi connectivity index (χ0) is 31.2. The van der Waals surface area contributed by atoms with Gasteiger partial charge in [0.05, 0.1) is 54.1 Å². The molecule has 0 saturated carbocycles. The number of thiazole rings is 1. The van der Waals surface area contributed by atoms with Crippen LogP contribution in [-0.2, 0) is 0 Å². The maximum Gasteiger partial charge on any atom is 0.283 e. The van der Waals surface area contributed by atoms with E-state index in [2.05, 4.69) is 20.6 Å². The molecule has 0 spiro atoms. The third kappa shape index (κ3) is 6.16. The summed E-state index contributed by atoms with van der Waals surface area (Å²) < 4.78 is 24.9. The van der Waals surface area contributed by atoms with Gasteiger partial charge in [-0.05, 0) is 76.2 Å². The summed E-state index contributed by atoms with van der Waals surface area (Å²) in [6, 6.07) is 18.1. The molecule has 0 atom stereocenters. The highest BCUT2D eigenvalue weighted by molar-refractivity contribution is 7.20. The number of hydrazone groups is 1. The molecule has 2 aromatic heterocycles. The highest BCUT2D eigenvalue weighted by Gasteiger charge is 2.22. The zero-order valence-corrected chi connectivity index (χ0v) is 25.9. The molecule has 1 amide bonds. The van der Waals surface area contributed by atoms with Crippen molar-refractivity contribution in [1.29, 1.82) is 0 Å². The molecule has 0 unspecified atom stereocenters. The van der Waals surface area contributed by atoms with Crippen LogP contribution in [0.4, 0.5) is 0 Å². The Labute approximate surface area is 258 Å². The molecular weight excluding hydrogens is 582 g/mol. The Hall–Kier alpha value is -5.10. The summed E-state index contributed by atoms with van der Waals surface area (Å²) in [4.78, 5) is 31.8. The van der Waals surface area contributed by atoms with Gasteiger partial charge in [-0.1, -0.05) is 23.5 Å². The molecule has 0 aliphatic rings. The fraction of sp³-hybridized carbons (Fsp3) is 0.250. The normalized spacial score (nSPS) is 11.4. The minimum Gasteiger partial charge on any atom is -0.497 e. The third-order valence-corrected chi connectivity index (χ3v) is 7.62. The van der Waals surface area contributed by atoms with Gasteiger partial charge in [-0.15, -0.1) is 0 Å². The number of hydrogen-bond donors (Lipinski definition) is 2. The second kappa shape index (κ2) is 13.5. The average molecular weight is 616 g/mol. The lowest BCUT2D eigenvalue weighted by molar-refractivity contribution is 0.0953. The number of nitrogens with zero attached hydrogens (tertiary/aromatic N) is 3. The van der Waals surface area contributed by atoms with Crippen molar-refractivity contribution in [3.05, 3.63) is 82.1 Å². The lowest BCUT2D eigenvalue weighted by Crippen LogP contribution is -2.23. The molecule has 0 aliphatic carbocycles. The first-order valence-electron chi connectivity index (χ1n) is 14.1. The first-order valence-corrected chi connectivity index (χ1v) is 15.0. The van der Waals surface area contributed by atoms with Gasteiger partial charge in [0.15, 0.2) is 11.5 Å². The molecular formula is C32H33N5O6S. The van der Waals surface area contributed by atoms with Crippen molar-refractivity contribution in [3.8, 4) is 39.4 Å². The van der Waals surface area contributed by atoms with Crippen LogP contribution in [0.15, 0.2) is 70.6 Å². The number of ether oxygens (including phenoxy) is 4. The topological polar surface area (TPSA) is 129 Å². The number of H-pyrrole nitrogens is 1. The summed E-state index contributed by atoms with van der Waals surface area (Å²) in [5.41, 5.74) is 5.10. The van der Waals surface area contributed by atoms with Crippen molar-refractivity contribution in [2.45, 2.75) is 27.7 Å². The van der Waals surface area contributed by atoms with E-state index in [-0.39, 0.29) is 16.7 Å². The predicted molar refractivity (Wildman–Crippen MR) is 171 cm³/mol. The SMILES string of the molecule is CCOc1cc(C(=O)NN=C(C)c2c(-c3ccc(OC)cc3)[nH]n(-c3nc4ccccc4s3)c2=O)cc(OCC)c1OCC. The van der Waals surface area contributed by atoms with Crippen molar-refractivity contribution < 1.29 is 23.7 Å². The molecule has 0 fully saturated rings. The first-order chi connectivity index (χ1) is 21.4. The van der Waals surface area contributed by atoms with Gasteiger partial charge in [0.25, 0.3) is 11.5 Å². The second-order valence-corrected chi connectivity index (χ2v) is 10.4. The van der Waals surface area contributed by atoms with Gasteiger partial charge in [0, 0.05) is 11.1 Å². The van der Waals surface area contributed by atoms with Crippen molar-refractivity contribution in [2.75, 3.05) is 26.9 Å². The molecule has 3 aromatic carbocycles. The number of aromatic nitrogens is 3. The number of amides is 1. The molecule has 228 valence electrons. The van der Waals surface area contributed by atoms with Crippen molar-refractivity contribution in [2.24, 2.45) is 5.10 Å². The maximum atomic E-state index is 13.9. The van der Waals surface area contributed by atoms with Crippen LogP contribution < -0.4 is 29.9 Å². The van der Waals surface area contributed by atoms with Crippen LogP contribution in [0, 0.1) is 0 Å².